The maximum Gasteiger partial charge on any atom is 0.224 e. The number of nitrogens with zero attached hydrogens (tertiary/aromatic N) is 3. The molecule has 1 saturated carbocycles. The molecule has 1 aliphatic carbocycles. The zero-order valence-electron chi connectivity index (χ0n) is 9.85. The number of hydrogen-bond donors (Lipinski definition) is 2. The minimum atomic E-state index is -0.349. The van der Waals surface area contributed by atoms with Gasteiger partial charge in [-0.1, -0.05) is 12.8 Å². The maximum atomic E-state index is 9.84. The third-order valence-electron chi connectivity index (χ3n) is 3.01. The Bertz CT molecular complexity index is 441. The molecule has 2 N–H and O–H groups in total. The van der Waals surface area contributed by atoms with Crippen LogP contribution >= 0.6 is 0 Å². The van der Waals surface area contributed by atoms with Gasteiger partial charge in [-0.2, -0.15) is 5.26 Å². The predicted molar refractivity (Wildman–Crippen MR) is 63.4 cm³/mol. The Morgan fingerprint density at radius 2 is 2.18 bits per heavy atom. The molecule has 1 fully saturated rings. The normalized spacial score (nSPS) is 24.1. The topological polar surface area (TPSA) is 81.8 Å². The molecule has 0 amide bonds. The van der Waals surface area contributed by atoms with E-state index in [0.717, 1.165) is 31.4 Å². The highest BCUT2D eigenvalue weighted by atomic mass is 16.3. The number of aromatic nitrogens is 2. The molecule has 0 radical (unpaired) electrons. The quantitative estimate of drug-likeness (QED) is 0.804. The Morgan fingerprint density at radius 1 is 1.41 bits per heavy atom. The van der Waals surface area contributed by atoms with Gasteiger partial charge in [0.1, 0.15) is 11.8 Å². The number of aliphatic hydroxyl groups excluding tert-OH is 1. The number of hydrogen-bond acceptors (Lipinski definition) is 5. The van der Waals surface area contributed by atoms with Crippen LogP contribution in [0.1, 0.15) is 37.1 Å². The highest BCUT2D eigenvalue weighted by Crippen LogP contribution is 2.21. The summed E-state index contributed by atoms with van der Waals surface area (Å²) in [7, 11) is 0. The van der Waals surface area contributed by atoms with Crippen molar-refractivity contribution in [2.24, 2.45) is 0 Å². The summed E-state index contributed by atoms with van der Waals surface area (Å²) in [6.07, 6.45) is 3.55. The van der Waals surface area contributed by atoms with E-state index in [1.54, 1.807) is 6.07 Å². The lowest BCUT2D eigenvalue weighted by atomic mass is 9.93. The molecule has 17 heavy (non-hydrogen) atoms. The molecule has 1 aromatic rings. The maximum absolute atomic E-state index is 9.84. The number of rotatable bonds is 2. The summed E-state index contributed by atoms with van der Waals surface area (Å²) in [5.41, 5.74) is 1.11. The highest BCUT2D eigenvalue weighted by Gasteiger charge is 2.23. The van der Waals surface area contributed by atoms with Gasteiger partial charge in [0.15, 0.2) is 0 Å². The molecule has 1 heterocycles. The van der Waals surface area contributed by atoms with Crippen LogP contribution in [0.3, 0.4) is 0 Å². The molecule has 1 aliphatic rings. The zero-order chi connectivity index (χ0) is 12.3. The first kappa shape index (κ1) is 11.8. The van der Waals surface area contributed by atoms with Crippen molar-refractivity contribution >= 4 is 5.95 Å². The van der Waals surface area contributed by atoms with Crippen LogP contribution in [0.5, 0.6) is 0 Å². The average Bonchev–Trinajstić information content (AvgIpc) is 2.31. The summed E-state index contributed by atoms with van der Waals surface area (Å²) in [5.74, 6) is 0.438. The lowest BCUT2D eigenvalue weighted by molar-refractivity contribution is 0.116. The van der Waals surface area contributed by atoms with E-state index in [2.05, 4.69) is 15.3 Å². The summed E-state index contributed by atoms with van der Waals surface area (Å²) in [4.78, 5) is 8.31. The van der Waals surface area contributed by atoms with Gasteiger partial charge in [-0.05, 0) is 25.8 Å². The Balaban J connectivity index is 2.12. The van der Waals surface area contributed by atoms with Crippen LogP contribution in [0, 0.1) is 18.3 Å². The van der Waals surface area contributed by atoms with Gasteiger partial charge in [-0.25, -0.2) is 9.97 Å². The van der Waals surface area contributed by atoms with Crippen LogP contribution in [0.25, 0.3) is 0 Å². The van der Waals surface area contributed by atoms with E-state index < -0.39 is 0 Å². The molecule has 0 aromatic carbocycles. The van der Waals surface area contributed by atoms with Gasteiger partial charge < -0.3 is 10.4 Å². The van der Waals surface area contributed by atoms with E-state index in [1.807, 2.05) is 13.0 Å². The molecule has 0 spiro atoms. The second-order valence-corrected chi connectivity index (χ2v) is 4.43. The van der Waals surface area contributed by atoms with Crippen LogP contribution < -0.4 is 5.32 Å². The Labute approximate surface area is 101 Å². The second kappa shape index (κ2) is 5.11. The minimum absolute atomic E-state index is 0.00269. The molecule has 90 valence electrons. The van der Waals surface area contributed by atoms with Crippen molar-refractivity contribution in [1.29, 1.82) is 5.26 Å². The summed E-state index contributed by atoms with van der Waals surface area (Å²) < 4.78 is 0. The van der Waals surface area contributed by atoms with Crippen LogP contribution in [-0.4, -0.2) is 27.2 Å². The number of anilines is 1. The van der Waals surface area contributed by atoms with E-state index in [1.165, 1.54) is 0 Å². The largest absolute Gasteiger partial charge is 0.391 e. The molecule has 5 heteroatoms. The zero-order valence-corrected chi connectivity index (χ0v) is 9.85. The van der Waals surface area contributed by atoms with Crippen molar-refractivity contribution in [2.45, 2.75) is 44.8 Å². The first-order valence-electron chi connectivity index (χ1n) is 5.89. The van der Waals surface area contributed by atoms with Gasteiger partial charge in [-0.15, -0.1) is 0 Å². The van der Waals surface area contributed by atoms with Gasteiger partial charge >= 0.3 is 0 Å². The monoisotopic (exact) mass is 232 g/mol. The number of aliphatic hydroxyl groups is 1. The smallest absolute Gasteiger partial charge is 0.224 e. The molecule has 5 nitrogen and oxygen atoms in total. The number of aryl methyl sites for hydroxylation is 1. The fourth-order valence-electron chi connectivity index (χ4n) is 2.14. The molecule has 0 aliphatic heterocycles. The lowest BCUT2D eigenvalue weighted by Crippen LogP contribution is -2.36. The van der Waals surface area contributed by atoms with Crippen molar-refractivity contribution in [2.75, 3.05) is 5.32 Å². The molecule has 0 bridgehead atoms. The van der Waals surface area contributed by atoms with Crippen LogP contribution in [-0.2, 0) is 0 Å². The van der Waals surface area contributed by atoms with Gasteiger partial charge in [0.2, 0.25) is 5.95 Å². The summed E-state index contributed by atoms with van der Waals surface area (Å²) >= 11 is 0. The summed E-state index contributed by atoms with van der Waals surface area (Å²) in [6, 6.07) is 3.64. The Kier molecular flexibility index (Phi) is 3.55. The fraction of sp³-hybridized carbons (Fsp3) is 0.583. The van der Waals surface area contributed by atoms with Gasteiger partial charge in [0, 0.05) is 5.69 Å². The SMILES string of the molecule is Cc1cc(C#N)nc(NC2CCCCC2O)n1. The van der Waals surface area contributed by atoms with Crippen molar-refractivity contribution in [3.63, 3.8) is 0 Å². The second-order valence-electron chi connectivity index (χ2n) is 4.43. The molecule has 2 rings (SSSR count). The first-order valence-corrected chi connectivity index (χ1v) is 5.89. The van der Waals surface area contributed by atoms with Crippen molar-refractivity contribution in [3.8, 4) is 6.07 Å². The van der Waals surface area contributed by atoms with Crippen molar-refractivity contribution < 1.29 is 5.11 Å². The van der Waals surface area contributed by atoms with Crippen molar-refractivity contribution in [1.82, 2.24) is 9.97 Å². The molecular formula is C12H16N4O. The average molecular weight is 232 g/mol. The Morgan fingerprint density at radius 3 is 2.88 bits per heavy atom. The predicted octanol–water partition coefficient (Wildman–Crippen LogP) is 1.37. The number of nitrogens with one attached hydrogen (secondary N) is 1. The summed E-state index contributed by atoms with van der Waals surface area (Å²) in [5, 5.41) is 21.8. The number of nitriles is 1. The van der Waals surface area contributed by atoms with Crippen LogP contribution in [0.4, 0.5) is 5.95 Å². The van der Waals surface area contributed by atoms with E-state index >= 15 is 0 Å². The fourth-order valence-corrected chi connectivity index (χ4v) is 2.14. The molecule has 0 saturated heterocycles. The molecule has 2 atom stereocenters. The van der Waals surface area contributed by atoms with E-state index in [4.69, 9.17) is 5.26 Å². The standard InChI is InChI=1S/C12H16N4O/c1-8-6-9(7-13)15-12(14-8)16-10-4-2-3-5-11(10)17/h6,10-11,17H,2-5H2,1H3,(H,14,15,16). The molecule has 1 aromatic heterocycles. The van der Waals surface area contributed by atoms with Crippen LogP contribution in [0.15, 0.2) is 6.07 Å². The van der Waals surface area contributed by atoms with Gasteiger partial charge in [0.05, 0.1) is 12.1 Å². The van der Waals surface area contributed by atoms with Crippen molar-refractivity contribution in [3.05, 3.63) is 17.5 Å². The van der Waals surface area contributed by atoms with E-state index in [-0.39, 0.29) is 12.1 Å². The highest BCUT2D eigenvalue weighted by molar-refractivity contribution is 5.34. The minimum Gasteiger partial charge on any atom is -0.391 e. The molecule has 2 unspecified atom stereocenters. The lowest BCUT2D eigenvalue weighted by Gasteiger charge is -2.28. The molecular weight excluding hydrogens is 216 g/mol. The van der Waals surface area contributed by atoms with Gasteiger partial charge in [0.25, 0.3) is 0 Å². The van der Waals surface area contributed by atoms with E-state index in [0.29, 0.717) is 11.6 Å². The third kappa shape index (κ3) is 2.92. The first-order chi connectivity index (χ1) is 8.19. The Hall–Kier alpha value is -1.67. The van der Waals surface area contributed by atoms with E-state index in [9.17, 15) is 5.11 Å². The van der Waals surface area contributed by atoms with Crippen LogP contribution in [0.2, 0.25) is 0 Å². The summed E-state index contributed by atoms with van der Waals surface area (Å²) in [6.45, 7) is 1.82. The third-order valence-corrected chi connectivity index (χ3v) is 3.01. The van der Waals surface area contributed by atoms with Gasteiger partial charge in [-0.3, -0.25) is 0 Å².